The fraction of sp³-hybridized carbons (Fsp3) is 0.912. The van der Waals surface area contributed by atoms with E-state index in [0.717, 1.165) is 32.1 Å². The van der Waals surface area contributed by atoms with Crippen molar-refractivity contribution in [1.82, 2.24) is 5.32 Å². The minimum absolute atomic E-state index is 0.189. The second kappa shape index (κ2) is 26.2. The maximum absolute atomic E-state index is 12.4. The van der Waals surface area contributed by atoms with Crippen LogP contribution in [-0.2, 0) is 14.3 Å². The largest absolute Gasteiger partial charge is 0.394 e. The summed E-state index contributed by atoms with van der Waals surface area (Å²) in [5, 5.41) is 53.2. The molecule has 43 heavy (non-hydrogen) atoms. The van der Waals surface area contributed by atoms with Gasteiger partial charge in [0.1, 0.15) is 24.4 Å². The molecule has 0 aromatic carbocycles. The van der Waals surface area contributed by atoms with Crippen molar-refractivity contribution in [1.29, 1.82) is 0 Å². The van der Waals surface area contributed by atoms with E-state index in [-0.39, 0.29) is 12.5 Å². The number of hydrogen-bond acceptors (Lipinski definition) is 8. The van der Waals surface area contributed by atoms with Crippen molar-refractivity contribution < 1.29 is 39.8 Å². The minimum atomic E-state index is -1.56. The second-order valence-corrected chi connectivity index (χ2v) is 12.3. The maximum atomic E-state index is 12.4. The van der Waals surface area contributed by atoms with Gasteiger partial charge in [0, 0.05) is 6.42 Å². The fourth-order valence-electron chi connectivity index (χ4n) is 5.43. The van der Waals surface area contributed by atoms with Crippen LogP contribution in [0.5, 0.6) is 0 Å². The molecule has 7 atom stereocenters. The lowest BCUT2D eigenvalue weighted by atomic mass is 9.99. The Morgan fingerprint density at radius 1 is 0.767 bits per heavy atom. The van der Waals surface area contributed by atoms with Gasteiger partial charge in [0.15, 0.2) is 6.29 Å². The molecule has 1 rings (SSSR count). The quantitative estimate of drug-likeness (QED) is 0.0556. The molecule has 1 heterocycles. The van der Waals surface area contributed by atoms with Gasteiger partial charge in [-0.15, -0.1) is 0 Å². The third-order valence-corrected chi connectivity index (χ3v) is 8.36. The molecule has 0 radical (unpaired) electrons. The first kappa shape index (κ1) is 40.0. The van der Waals surface area contributed by atoms with Gasteiger partial charge in [0.25, 0.3) is 0 Å². The molecule has 1 aliphatic heterocycles. The first-order valence-electron chi connectivity index (χ1n) is 17.4. The monoisotopic (exact) mass is 615 g/mol. The van der Waals surface area contributed by atoms with E-state index in [4.69, 9.17) is 9.47 Å². The molecule has 9 heteroatoms. The lowest BCUT2D eigenvalue weighted by Crippen LogP contribution is -2.60. The van der Waals surface area contributed by atoms with Gasteiger partial charge in [-0.3, -0.25) is 4.79 Å². The van der Waals surface area contributed by atoms with Gasteiger partial charge in [-0.1, -0.05) is 129 Å². The summed E-state index contributed by atoms with van der Waals surface area (Å²) >= 11 is 0. The first-order valence-corrected chi connectivity index (χ1v) is 17.4. The molecule has 0 aromatic rings. The number of ether oxygens (including phenoxy) is 2. The van der Waals surface area contributed by atoms with Gasteiger partial charge in [-0.25, -0.2) is 0 Å². The van der Waals surface area contributed by atoms with E-state index in [2.05, 4.69) is 12.2 Å². The number of amides is 1. The number of aliphatic hydroxyl groups is 5. The zero-order valence-corrected chi connectivity index (χ0v) is 27.2. The highest BCUT2D eigenvalue weighted by Crippen LogP contribution is 2.22. The summed E-state index contributed by atoms with van der Waals surface area (Å²) in [6, 6.07) is -0.793. The molecule has 0 spiro atoms. The van der Waals surface area contributed by atoms with E-state index in [1.54, 1.807) is 6.08 Å². The summed E-state index contributed by atoms with van der Waals surface area (Å²) in [7, 11) is 0. The summed E-state index contributed by atoms with van der Waals surface area (Å²) in [6.45, 7) is 3.50. The molecule has 0 bridgehead atoms. The molecule has 7 unspecified atom stereocenters. The number of carbonyl (C=O) groups is 1. The number of carbonyl (C=O) groups excluding carboxylic acids is 1. The Morgan fingerprint density at radius 3 is 1.79 bits per heavy atom. The summed E-state index contributed by atoms with van der Waals surface area (Å²) in [4.78, 5) is 12.4. The zero-order chi connectivity index (χ0) is 31.7. The van der Waals surface area contributed by atoms with Crippen LogP contribution in [0.25, 0.3) is 0 Å². The molecular formula is C34H65NO8. The number of rotatable bonds is 27. The summed E-state index contributed by atoms with van der Waals surface area (Å²) in [5.74, 6) is -0.213. The Kier molecular flexibility index (Phi) is 24.3. The first-order chi connectivity index (χ1) is 20.8. The third-order valence-electron chi connectivity index (χ3n) is 8.36. The molecule has 0 aromatic heterocycles. The van der Waals surface area contributed by atoms with Gasteiger partial charge in [0.2, 0.25) is 5.91 Å². The number of unbranched alkanes of at least 4 members (excludes halogenated alkanes) is 17. The van der Waals surface area contributed by atoms with Crippen LogP contribution < -0.4 is 5.32 Å². The number of nitrogens with one attached hydrogen (secondary N) is 1. The van der Waals surface area contributed by atoms with E-state index in [1.165, 1.54) is 89.9 Å². The number of allylic oxidation sites excluding steroid dienone is 1. The van der Waals surface area contributed by atoms with Crippen molar-refractivity contribution in [2.75, 3.05) is 13.2 Å². The van der Waals surface area contributed by atoms with Crippen LogP contribution in [0.1, 0.15) is 142 Å². The molecule has 1 fully saturated rings. The highest BCUT2D eigenvalue weighted by Gasteiger charge is 2.44. The van der Waals surface area contributed by atoms with Crippen LogP contribution in [0.4, 0.5) is 0 Å². The SMILES string of the molecule is CCCCCCCCCCCCCCCCCC/C=C/C(O)C(COC1OC(CO)C(O)C(O)C1O)NC(=O)CCCC. The van der Waals surface area contributed by atoms with Crippen molar-refractivity contribution >= 4 is 5.91 Å². The van der Waals surface area contributed by atoms with Crippen LogP contribution in [-0.4, -0.2) is 87.5 Å². The van der Waals surface area contributed by atoms with Crippen LogP contribution in [0.2, 0.25) is 0 Å². The van der Waals surface area contributed by atoms with Crippen molar-refractivity contribution in [3.05, 3.63) is 12.2 Å². The van der Waals surface area contributed by atoms with Crippen LogP contribution >= 0.6 is 0 Å². The van der Waals surface area contributed by atoms with Crippen molar-refractivity contribution in [3.63, 3.8) is 0 Å². The second-order valence-electron chi connectivity index (χ2n) is 12.3. The summed E-state index contributed by atoms with van der Waals surface area (Å²) < 4.78 is 11.0. The number of hydrogen-bond donors (Lipinski definition) is 6. The Morgan fingerprint density at radius 2 is 1.28 bits per heavy atom. The fourth-order valence-corrected chi connectivity index (χ4v) is 5.43. The smallest absolute Gasteiger partial charge is 0.220 e. The molecule has 1 saturated heterocycles. The predicted molar refractivity (Wildman–Crippen MR) is 170 cm³/mol. The Balaban J connectivity index is 2.28. The topological polar surface area (TPSA) is 149 Å². The number of aliphatic hydroxyl groups excluding tert-OH is 5. The Labute approximate surface area is 261 Å². The predicted octanol–water partition coefficient (Wildman–Crippen LogP) is 5.05. The molecule has 0 aliphatic carbocycles. The van der Waals surface area contributed by atoms with Gasteiger partial charge in [-0.05, 0) is 19.3 Å². The van der Waals surface area contributed by atoms with Crippen LogP contribution in [0, 0.1) is 0 Å². The average Bonchev–Trinajstić information content (AvgIpc) is 3.00. The third kappa shape index (κ3) is 18.5. The van der Waals surface area contributed by atoms with E-state index in [0.29, 0.717) is 6.42 Å². The lowest BCUT2D eigenvalue weighted by Gasteiger charge is -2.40. The molecular weight excluding hydrogens is 550 g/mol. The zero-order valence-electron chi connectivity index (χ0n) is 27.2. The van der Waals surface area contributed by atoms with Crippen molar-refractivity contribution in [3.8, 4) is 0 Å². The lowest BCUT2D eigenvalue weighted by molar-refractivity contribution is -0.302. The normalized spacial score (nSPS) is 23.9. The minimum Gasteiger partial charge on any atom is -0.394 e. The van der Waals surface area contributed by atoms with Crippen LogP contribution in [0.3, 0.4) is 0 Å². The Hall–Kier alpha value is -1.07. The standard InChI is InChI=1S/C34H65NO8/c1-3-5-7-8-9-10-11-12-13-14-15-16-17-18-19-20-21-22-23-28(37)27(35-30(38)24-6-4-2)26-42-34-33(41)32(40)31(39)29(25-36)43-34/h22-23,27-29,31-34,36-37,39-41H,3-21,24-26H2,1-2H3,(H,35,38)/b23-22+. The molecule has 0 saturated carbocycles. The molecule has 254 valence electrons. The van der Waals surface area contributed by atoms with E-state index in [9.17, 15) is 30.3 Å². The molecule has 9 nitrogen and oxygen atoms in total. The Bertz CT molecular complexity index is 691. The van der Waals surface area contributed by atoms with Gasteiger partial charge >= 0.3 is 0 Å². The molecule has 6 N–H and O–H groups in total. The average molecular weight is 616 g/mol. The summed E-state index contributed by atoms with van der Waals surface area (Å²) in [6.07, 6.45) is 19.4. The van der Waals surface area contributed by atoms with E-state index < -0.39 is 49.5 Å². The van der Waals surface area contributed by atoms with Crippen molar-refractivity contribution in [2.24, 2.45) is 0 Å². The highest BCUT2D eigenvalue weighted by atomic mass is 16.7. The van der Waals surface area contributed by atoms with Crippen LogP contribution in [0.15, 0.2) is 12.2 Å². The molecule has 1 aliphatic rings. The van der Waals surface area contributed by atoms with Gasteiger partial charge in [0.05, 0.1) is 25.4 Å². The van der Waals surface area contributed by atoms with Gasteiger partial charge < -0.3 is 40.3 Å². The van der Waals surface area contributed by atoms with E-state index >= 15 is 0 Å². The van der Waals surface area contributed by atoms with E-state index in [1.807, 2.05) is 13.0 Å². The van der Waals surface area contributed by atoms with Gasteiger partial charge in [-0.2, -0.15) is 0 Å². The van der Waals surface area contributed by atoms with Crippen molar-refractivity contribution in [2.45, 2.75) is 185 Å². The summed E-state index contributed by atoms with van der Waals surface area (Å²) in [5.41, 5.74) is 0. The highest BCUT2D eigenvalue weighted by molar-refractivity contribution is 5.76. The maximum Gasteiger partial charge on any atom is 0.220 e. The molecule has 1 amide bonds.